The van der Waals surface area contributed by atoms with Crippen LogP contribution < -0.4 is 5.73 Å². The highest BCUT2D eigenvalue weighted by atomic mass is 32.1. The highest BCUT2D eigenvalue weighted by Crippen LogP contribution is 2.24. The molecule has 0 radical (unpaired) electrons. The molecule has 0 amide bonds. The molecule has 0 aliphatic rings. The molecule has 0 saturated carbocycles. The van der Waals surface area contributed by atoms with E-state index in [9.17, 15) is 0 Å². The van der Waals surface area contributed by atoms with E-state index in [0.717, 1.165) is 17.1 Å². The fourth-order valence-electron chi connectivity index (χ4n) is 1.39. The number of hydrogen-bond donors (Lipinski definition) is 1. The number of thiazole rings is 1. The monoisotopic (exact) mass is 212 g/mol. The van der Waals surface area contributed by atoms with Gasteiger partial charge in [0.05, 0.1) is 11.7 Å². The predicted molar refractivity (Wildman–Crippen MR) is 62.7 cm³/mol. The Labute approximate surface area is 90.6 Å². The summed E-state index contributed by atoms with van der Waals surface area (Å²) in [6, 6.07) is 0.152. The average molecular weight is 212 g/mol. The van der Waals surface area contributed by atoms with Crippen molar-refractivity contribution >= 4 is 11.3 Å². The van der Waals surface area contributed by atoms with Gasteiger partial charge in [0, 0.05) is 4.88 Å². The molecule has 1 heterocycles. The molecule has 1 aromatic rings. The Morgan fingerprint density at radius 2 is 2.07 bits per heavy atom. The van der Waals surface area contributed by atoms with Gasteiger partial charge in [-0.2, -0.15) is 0 Å². The minimum Gasteiger partial charge on any atom is -0.322 e. The van der Waals surface area contributed by atoms with E-state index >= 15 is 0 Å². The fraction of sp³-hybridized carbons (Fsp3) is 0.727. The van der Waals surface area contributed by atoms with E-state index in [-0.39, 0.29) is 6.04 Å². The van der Waals surface area contributed by atoms with Crippen LogP contribution in [0.5, 0.6) is 0 Å². The van der Waals surface area contributed by atoms with Crippen LogP contribution in [0.1, 0.15) is 54.2 Å². The summed E-state index contributed by atoms with van der Waals surface area (Å²) in [5.74, 6) is 0. The second kappa shape index (κ2) is 5.47. The Balaban J connectivity index is 2.47. The highest BCUT2D eigenvalue weighted by molar-refractivity contribution is 7.11. The molecule has 1 aromatic heterocycles. The number of nitrogens with zero attached hydrogens (tertiary/aromatic N) is 1. The van der Waals surface area contributed by atoms with Crippen molar-refractivity contribution in [3.05, 3.63) is 15.6 Å². The number of rotatable bonds is 5. The molecule has 1 rings (SSSR count). The first kappa shape index (κ1) is 11.7. The molecular formula is C11H20N2S. The molecule has 3 heteroatoms. The maximum atomic E-state index is 6.07. The van der Waals surface area contributed by atoms with Gasteiger partial charge < -0.3 is 5.73 Å². The van der Waals surface area contributed by atoms with E-state index in [2.05, 4.69) is 18.8 Å². The average Bonchev–Trinajstić information content (AvgIpc) is 2.47. The number of nitrogens with two attached hydrogens (primary N) is 1. The predicted octanol–water partition coefficient (Wildman–Crippen LogP) is 3.34. The summed E-state index contributed by atoms with van der Waals surface area (Å²) >= 11 is 1.74. The van der Waals surface area contributed by atoms with Crippen LogP contribution in [-0.2, 0) is 0 Å². The van der Waals surface area contributed by atoms with Crippen LogP contribution in [0.3, 0.4) is 0 Å². The van der Waals surface area contributed by atoms with Crippen LogP contribution in [-0.4, -0.2) is 4.98 Å². The topological polar surface area (TPSA) is 38.9 Å². The molecule has 0 spiro atoms. The summed E-state index contributed by atoms with van der Waals surface area (Å²) in [6.45, 7) is 6.37. The lowest BCUT2D eigenvalue weighted by Gasteiger charge is -2.06. The second-order valence-electron chi connectivity index (χ2n) is 3.80. The lowest BCUT2D eigenvalue weighted by atomic mass is 10.1. The van der Waals surface area contributed by atoms with Crippen LogP contribution in [0.25, 0.3) is 0 Å². The van der Waals surface area contributed by atoms with Crippen LogP contribution in [0.2, 0.25) is 0 Å². The van der Waals surface area contributed by atoms with Crippen molar-refractivity contribution in [1.82, 2.24) is 4.98 Å². The first-order valence-corrected chi connectivity index (χ1v) is 6.16. The zero-order valence-electron chi connectivity index (χ0n) is 9.34. The van der Waals surface area contributed by atoms with Crippen molar-refractivity contribution in [1.29, 1.82) is 0 Å². The molecule has 0 bridgehead atoms. The number of aryl methyl sites for hydroxylation is 2. The summed E-state index contributed by atoms with van der Waals surface area (Å²) in [5.41, 5.74) is 7.20. The Hall–Kier alpha value is -0.410. The summed E-state index contributed by atoms with van der Waals surface area (Å²) in [4.78, 5) is 5.78. The Kier molecular flexibility index (Phi) is 4.55. The maximum absolute atomic E-state index is 6.07. The smallest absolute Gasteiger partial charge is 0.110 e. The van der Waals surface area contributed by atoms with Gasteiger partial charge in [-0.25, -0.2) is 4.98 Å². The quantitative estimate of drug-likeness (QED) is 0.760. The van der Waals surface area contributed by atoms with E-state index in [1.165, 1.54) is 24.1 Å². The molecule has 0 saturated heterocycles. The summed E-state index contributed by atoms with van der Waals surface area (Å²) < 4.78 is 0. The molecule has 0 aliphatic heterocycles. The molecule has 0 aromatic carbocycles. The van der Waals surface area contributed by atoms with Crippen molar-refractivity contribution in [2.24, 2.45) is 5.73 Å². The van der Waals surface area contributed by atoms with Crippen molar-refractivity contribution in [3.8, 4) is 0 Å². The molecule has 2 N–H and O–H groups in total. The van der Waals surface area contributed by atoms with Gasteiger partial charge in [0.1, 0.15) is 5.01 Å². The largest absolute Gasteiger partial charge is 0.322 e. The summed E-state index contributed by atoms with van der Waals surface area (Å²) in [5, 5.41) is 1.11. The van der Waals surface area contributed by atoms with Gasteiger partial charge in [-0.15, -0.1) is 11.3 Å². The van der Waals surface area contributed by atoms with Crippen LogP contribution in [0.15, 0.2) is 0 Å². The fourth-order valence-corrected chi connectivity index (χ4v) is 2.35. The minimum absolute atomic E-state index is 0.152. The van der Waals surface area contributed by atoms with Gasteiger partial charge in [0.2, 0.25) is 0 Å². The Bertz CT molecular complexity index is 261. The van der Waals surface area contributed by atoms with Gasteiger partial charge in [-0.1, -0.05) is 26.2 Å². The normalized spacial score (nSPS) is 13.1. The Morgan fingerprint density at radius 3 is 2.57 bits per heavy atom. The van der Waals surface area contributed by atoms with E-state index < -0.39 is 0 Å². The van der Waals surface area contributed by atoms with Crippen molar-refractivity contribution in [3.63, 3.8) is 0 Å². The lowest BCUT2D eigenvalue weighted by Crippen LogP contribution is -2.09. The van der Waals surface area contributed by atoms with E-state index in [1.54, 1.807) is 11.3 Å². The zero-order valence-corrected chi connectivity index (χ0v) is 10.2. The molecule has 1 unspecified atom stereocenters. The van der Waals surface area contributed by atoms with Crippen molar-refractivity contribution in [2.75, 3.05) is 0 Å². The number of aromatic nitrogens is 1. The first-order valence-electron chi connectivity index (χ1n) is 5.34. The van der Waals surface area contributed by atoms with E-state index in [1.807, 2.05) is 6.92 Å². The van der Waals surface area contributed by atoms with Gasteiger partial charge in [-0.3, -0.25) is 0 Å². The third-order valence-electron chi connectivity index (χ3n) is 2.48. The molecule has 14 heavy (non-hydrogen) atoms. The third-order valence-corrected chi connectivity index (χ3v) is 3.69. The SMILES string of the molecule is CCCCCC(N)c1nc(C)c(C)s1. The third kappa shape index (κ3) is 3.07. The van der Waals surface area contributed by atoms with E-state index in [0.29, 0.717) is 0 Å². The molecule has 0 fully saturated rings. The number of unbranched alkanes of at least 4 members (excludes halogenated alkanes) is 2. The molecule has 80 valence electrons. The van der Waals surface area contributed by atoms with Crippen LogP contribution >= 0.6 is 11.3 Å². The van der Waals surface area contributed by atoms with Crippen molar-refractivity contribution < 1.29 is 0 Å². The molecular weight excluding hydrogens is 192 g/mol. The van der Waals surface area contributed by atoms with E-state index in [4.69, 9.17) is 5.73 Å². The summed E-state index contributed by atoms with van der Waals surface area (Å²) in [6.07, 6.45) is 4.81. The van der Waals surface area contributed by atoms with Gasteiger partial charge in [0.15, 0.2) is 0 Å². The van der Waals surface area contributed by atoms with Gasteiger partial charge in [0.25, 0.3) is 0 Å². The molecule has 2 nitrogen and oxygen atoms in total. The van der Waals surface area contributed by atoms with Crippen LogP contribution in [0, 0.1) is 13.8 Å². The standard InChI is InChI=1S/C11H20N2S/c1-4-5-6-7-10(12)11-13-8(2)9(3)14-11/h10H,4-7,12H2,1-3H3. The van der Waals surface area contributed by atoms with Gasteiger partial charge >= 0.3 is 0 Å². The van der Waals surface area contributed by atoms with Crippen molar-refractivity contribution in [2.45, 2.75) is 52.5 Å². The summed E-state index contributed by atoms with van der Waals surface area (Å²) in [7, 11) is 0. The van der Waals surface area contributed by atoms with Gasteiger partial charge in [-0.05, 0) is 20.3 Å². The Morgan fingerprint density at radius 1 is 1.36 bits per heavy atom. The zero-order chi connectivity index (χ0) is 10.6. The highest BCUT2D eigenvalue weighted by Gasteiger charge is 2.11. The second-order valence-corrected chi connectivity index (χ2v) is 5.03. The first-order chi connectivity index (χ1) is 6.65. The minimum atomic E-state index is 0.152. The maximum Gasteiger partial charge on any atom is 0.110 e. The molecule has 0 aliphatic carbocycles. The molecule has 1 atom stereocenters. The number of hydrogen-bond acceptors (Lipinski definition) is 3. The van der Waals surface area contributed by atoms with Crippen LogP contribution in [0.4, 0.5) is 0 Å². The lowest BCUT2D eigenvalue weighted by molar-refractivity contribution is 0.578.